The molecule has 1 fully saturated rings. The minimum Gasteiger partial charge on any atom is -0.352 e. The number of piperidine rings is 1. The Hall–Kier alpha value is -1.51. The highest BCUT2D eigenvalue weighted by molar-refractivity contribution is 7.86. The number of halogens is 1. The van der Waals surface area contributed by atoms with Gasteiger partial charge in [-0.05, 0) is 18.9 Å². The minimum absolute atomic E-state index is 0.141. The molecule has 0 atom stereocenters. The predicted octanol–water partition coefficient (Wildman–Crippen LogP) is 0.960. The molecule has 2 rings (SSSR count). The Kier molecular flexibility index (Phi) is 5.72. The summed E-state index contributed by atoms with van der Waals surface area (Å²) in [7, 11) is -0.447. The molecule has 1 heterocycles. The third kappa shape index (κ3) is 4.27. The SMILES string of the molecule is CN(C)S(=O)(=O)N1CCC(C(=O)NCc2ccccc2F)CC1. The van der Waals surface area contributed by atoms with Crippen molar-refractivity contribution in [1.82, 2.24) is 13.9 Å². The summed E-state index contributed by atoms with van der Waals surface area (Å²) in [5, 5.41) is 2.73. The van der Waals surface area contributed by atoms with Crippen LogP contribution in [0.3, 0.4) is 0 Å². The Balaban J connectivity index is 1.86. The van der Waals surface area contributed by atoms with E-state index in [1.807, 2.05) is 0 Å². The molecule has 1 saturated heterocycles. The molecule has 128 valence electrons. The molecule has 0 radical (unpaired) electrons. The first-order chi connectivity index (χ1) is 10.8. The number of benzene rings is 1. The van der Waals surface area contributed by atoms with Crippen molar-refractivity contribution in [3.63, 3.8) is 0 Å². The first kappa shape index (κ1) is 17.8. The molecule has 1 aromatic carbocycles. The van der Waals surface area contributed by atoms with Crippen LogP contribution in [0.15, 0.2) is 24.3 Å². The van der Waals surface area contributed by atoms with Crippen molar-refractivity contribution >= 4 is 16.1 Å². The summed E-state index contributed by atoms with van der Waals surface area (Å²) >= 11 is 0. The van der Waals surface area contributed by atoms with Crippen molar-refractivity contribution in [2.45, 2.75) is 19.4 Å². The monoisotopic (exact) mass is 343 g/mol. The van der Waals surface area contributed by atoms with Gasteiger partial charge in [-0.2, -0.15) is 17.0 Å². The summed E-state index contributed by atoms with van der Waals surface area (Å²) in [5.74, 6) is -0.745. The zero-order valence-corrected chi connectivity index (χ0v) is 14.1. The normalized spacial score (nSPS) is 17.4. The number of amides is 1. The number of hydrogen-bond acceptors (Lipinski definition) is 3. The molecular weight excluding hydrogens is 321 g/mol. The molecule has 1 aliphatic heterocycles. The second-order valence-corrected chi connectivity index (χ2v) is 7.92. The lowest BCUT2D eigenvalue weighted by Crippen LogP contribution is -2.46. The Bertz CT molecular complexity index is 656. The van der Waals surface area contributed by atoms with Crippen LogP contribution in [-0.2, 0) is 21.5 Å². The Morgan fingerprint density at radius 3 is 2.48 bits per heavy atom. The number of carbonyl (C=O) groups is 1. The Morgan fingerprint density at radius 1 is 1.30 bits per heavy atom. The van der Waals surface area contributed by atoms with Crippen LogP contribution in [0.4, 0.5) is 4.39 Å². The first-order valence-electron chi connectivity index (χ1n) is 7.51. The highest BCUT2D eigenvalue weighted by Gasteiger charge is 2.32. The molecule has 0 unspecified atom stereocenters. The second-order valence-electron chi connectivity index (χ2n) is 5.77. The fourth-order valence-corrected chi connectivity index (χ4v) is 3.68. The fourth-order valence-electron chi connectivity index (χ4n) is 2.55. The summed E-state index contributed by atoms with van der Waals surface area (Å²) < 4.78 is 40.1. The molecule has 23 heavy (non-hydrogen) atoms. The maximum atomic E-state index is 13.5. The summed E-state index contributed by atoms with van der Waals surface area (Å²) in [6, 6.07) is 6.30. The van der Waals surface area contributed by atoms with Crippen molar-refractivity contribution < 1.29 is 17.6 Å². The van der Waals surface area contributed by atoms with E-state index in [0.717, 1.165) is 0 Å². The van der Waals surface area contributed by atoms with Crippen molar-refractivity contribution in [2.24, 2.45) is 5.92 Å². The topological polar surface area (TPSA) is 69.7 Å². The van der Waals surface area contributed by atoms with Crippen LogP contribution in [0.1, 0.15) is 18.4 Å². The van der Waals surface area contributed by atoms with Crippen LogP contribution in [0, 0.1) is 11.7 Å². The molecule has 6 nitrogen and oxygen atoms in total. The van der Waals surface area contributed by atoms with Crippen molar-refractivity contribution in [3.8, 4) is 0 Å². The average molecular weight is 343 g/mol. The van der Waals surface area contributed by atoms with E-state index in [4.69, 9.17) is 0 Å². The Labute approximate surface area is 136 Å². The molecule has 0 aromatic heterocycles. The fraction of sp³-hybridized carbons (Fsp3) is 0.533. The molecule has 0 aliphatic carbocycles. The van der Waals surface area contributed by atoms with E-state index in [2.05, 4.69) is 5.32 Å². The average Bonchev–Trinajstić information content (AvgIpc) is 2.53. The third-order valence-electron chi connectivity index (χ3n) is 4.02. The smallest absolute Gasteiger partial charge is 0.281 e. The number of hydrogen-bond donors (Lipinski definition) is 1. The molecule has 1 aliphatic rings. The summed E-state index contributed by atoms with van der Waals surface area (Å²) in [4.78, 5) is 12.2. The summed E-state index contributed by atoms with van der Waals surface area (Å²) in [6.45, 7) is 0.776. The predicted molar refractivity (Wildman–Crippen MR) is 85.2 cm³/mol. The number of rotatable bonds is 5. The van der Waals surface area contributed by atoms with Gasteiger partial charge in [0.1, 0.15) is 5.82 Å². The van der Waals surface area contributed by atoms with Crippen molar-refractivity contribution in [1.29, 1.82) is 0 Å². The van der Waals surface area contributed by atoms with Crippen LogP contribution >= 0.6 is 0 Å². The van der Waals surface area contributed by atoms with Gasteiger partial charge >= 0.3 is 0 Å². The highest BCUT2D eigenvalue weighted by atomic mass is 32.2. The van der Waals surface area contributed by atoms with Crippen LogP contribution in [0.25, 0.3) is 0 Å². The van der Waals surface area contributed by atoms with E-state index >= 15 is 0 Å². The van der Waals surface area contributed by atoms with E-state index in [0.29, 0.717) is 31.5 Å². The van der Waals surface area contributed by atoms with Gasteiger partial charge < -0.3 is 5.32 Å². The van der Waals surface area contributed by atoms with Gasteiger partial charge in [-0.1, -0.05) is 18.2 Å². The van der Waals surface area contributed by atoms with Crippen LogP contribution in [0.2, 0.25) is 0 Å². The van der Waals surface area contributed by atoms with Crippen molar-refractivity contribution in [3.05, 3.63) is 35.6 Å². The van der Waals surface area contributed by atoms with Crippen LogP contribution in [-0.4, -0.2) is 50.1 Å². The second kappa shape index (κ2) is 7.37. The zero-order valence-electron chi connectivity index (χ0n) is 13.3. The number of nitrogens with one attached hydrogen (secondary N) is 1. The Morgan fingerprint density at radius 2 is 1.91 bits per heavy atom. The van der Waals surface area contributed by atoms with Gasteiger partial charge in [0.15, 0.2) is 0 Å². The lowest BCUT2D eigenvalue weighted by molar-refractivity contribution is -0.126. The van der Waals surface area contributed by atoms with E-state index in [1.165, 1.54) is 28.8 Å². The van der Waals surface area contributed by atoms with Gasteiger partial charge in [0, 0.05) is 45.2 Å². The van der Waals surface area contributed by atoms with Gasteiger partial charge in [-0.25, -0.2) is 4.39 Å². The van der Waals surface area contributed by atoms with Gasteiger partial charge in [0.05, 0.1) is 0 Å². The summed E-state index contributed by atoms with van der Waals surface area (Å²) in [6.07, 6.45) is 0.937. The molecule has 8 heteroatoms. The lowest BCUT2D eigenvalue weighted by Gasteiger charge is -2.32. The first-order valence-corrected chi connectivity index (χ1v) is 8.91. The van der Waals surface area contributed by atoms with Crippen molar-refractivity contribution in [2.75, 3.05) is 27.2 Å². The molecule has 1 amide bonds. The zero-order chi connectivity index (χ0) is 17.0. The minimum atomic E-state index is -3.42. The molecule has 1 N–H and O–H groups in total. The van der Waals surface area contributed by atoms with E-state index in [-0.39, 0.29) is 24.2 Å². The quantitative estimate of drug-likeness (QED) is 0.866. The largest absolute Gasteiger partial charge is 0.352 e. The maximum Gasteiger partial charge on any atom is 0.281 e. The molecule has 0 spiro atoms. The van der Waals surface area contributed by atoms with E-state index < -0.39 is 10.2 Å². The molecule has 0 saturated carbocycles. The van der Waals surface area contributed by atoms with E-state index in [9.17, 15) is 17.6 Å². The van der Waals surface area contributed by atoms with Gasteiger partial charge in [-0.15, -0.1) is 0 Å². The molecule has 0 bridgehead atoms. The summed E-state index contributed by atoms with van der Waals surface area (Å²) in [5.41, 5.74) is 0.438. The highest BCUT2D eigenvalue weighted by Crippen LogP contribution is 2.21. The van der Waals surface area contributed by atoms with Gasteiger partial charge in [-0.3, -0.25) is 4.79 Å². The number of carbonyl (C=O) groups excluding carboxylic acids is 1. The van der Waals surface area contributed by atoms with Gasteiger partial charge in [0.25, 0.3) is 10.2 Å². The maximum absolute atomic E-state index is 13.5. The van der Waals surface area contributed by atoms with Gasteiger partial charge in [0.2, 0.25) is 5.91 Å². The molecule has 1 aromatic rings. The molecular formula is C15H22FN3O3S. The lowest BCUT2D eigenvalue weighted by atomic mass is 9.97. The standard InChI is InChI=1S/C15H22FN3O3S/c1-18(2)23(21,22)19-9-7-12(8-10-19)15(20)17-11-13-5-3-4-6-14(13)16/h3-6,12H,7-11H2,1-2H3,(H,17,20). The third-order valence-corrected chi connectivity index (χ3v) is 5.96. The van der Waals surface area contributed by atoms with Crippen LogP contribution < -0.4 is 5.32 Å². The van der Waals surface area contributed by atoms with Crippen LogP contribution in [0.5, 0.6) is 0 Å². The van der Waals surface area contributed by atoms with E-state index in [1.54, 1.807) is 18.2 Å². The number of nitrogens with zero attached hydrogens (tertiary/aromatic N) is 2.